The second-order valence-electron chi connectivity index (χ2n) is 12.2. The van der Waals surface area contributed by atoms with Gasteiger partial charge < -0.3 is 58.1 Å². The fourth-order valence-electron chi connectivity index (χ4n) is 5.62. The lowest BCUT2D eigenvalue weighted by atomic mass is 9.94. The largest absolute Gasteiger partial charge is 0.354 e. The van der Waals surface area contributed by atoms with E-state index in [1.165, 1.54) is 4.90 Å². The first kappa shape index (κ1) is 40.6. The van der Waals surface area contributed by atoms with Gasteiger partial charge in [-0.15, -0.1) is 0 Å². The van der Waals surface area contributed by atoms with Crippen LogP contribution in [0.25, 0.3) is 0 Å². The molecule has 3 aliphatic rings. The Labute approximate surface area is 297 Å². The maximum absolute atomic E-state index is 13.8. The fourth-order valence-corrected chi connectivity index (χ4v) is 5.62. The summed E-state index contributed by atoms with van der Waals surface area (Å²) in [7, 11) is 0. The highest BCUT2D eigenvalue weighted by Gasteiger charge is 2.48. The van der Waals surface area contributed by atoms with Crippen molar-refractivity contribution in [3.8, 4) is 0 Å². The van der Waals surface area contributed by atoms with Gasteiger partial charge in [0.25, 0.3) is 0 Å². The van der Waals surface area contributed by atoms with E-state index in [-0.39, 0.29) is 19.5 Å². The molecule has 0 aromatic carbocycles. The van der Waals surface area contributed by atoms with Crippen molar-refractivity contribution in [1.29, 1.82) is 0 Å². The molecule has 1 aliphatic carbocycles. The second kappa shape index (κ2) is 20.1. The Hall–Kier alpha value is -5.83. The summed E-state index contributed by atoms with van der Waals surface area (Å²) in [6.07, 6.45) is 2.53. The summed E-state index contributed by atoms with van der Waals surface area (Å²) in [6.45, 7) is -3.89. The van der Waals surface area contributed by atoms with E-state index >= 15 is 0 Å². The lowest BCUT2D eigenvalue weighted by molar-refractivity contribution is -0.145. The number of carbonyl (C=O) groups is 11. The van der Waals surface area contributed by atoms with Crippen LogP contribution in [0, 0.1) is 0 Å². The Bertz CT molecular complexity index is 1430. The number of fused-ring (bicyclic) bond motifs is 1. The molecule has 1 spiro atoms. The van der Waals surface area contributed by atoms with E-state index in [9.17, 15) is 52.7 Å². The van der Waals surface area contributed by atoms with Crippen molar-refractivity contribution in [1.82, 2.24) is 58.1 Å². The average molecular weight is 736 g/mol. The maximum atomic E-state index is 13.8. The third-order valence-electron chi connectivity index (χ3n) is 8.28. The van der Waals surface area contributed by atoms with E-state index in [1.807, 2.05) is 0 Å². The Kier molecular flexibility index (Phi) is 15.7. The first-order valence-electron chi connectivity index (χ1n) is 16.8. The molecule has 0 aromatic heterocycles. The molecule has 52 heavy (non-hydrogen) atoms. The molecule has 22 nitrogen and oxygen atoms in total. The normalized spacial score (nSPS) is 23.6. The van der Waals surface area contributed by atoms with Crippen LogP contribution in [0.1, 0.15) is 44.9 Å². The summed E-state index contributed by atoms with van der Waals surface area (Å²) < 4.78 is 0. The minimum Gasteiger partial charge on any atom is -0.354 e. The maximum Gasteiger partial charge on any atom is 0.249 e. The Morgan fingerprint density at radius 2 is 0.827 bits per heavy atom. The van der Waals surface area contributed by atoms with Crippen LogP contribution in [0.15, 0.2) is 0 Å². The second-order valence-corrected chi connectivity index (χ2v) is 12.2. The van der Waals surface area contributed by atoms with E-state index in [4.69, 9.17) is 0 Å². The van der Waals surface area contributed by atoms with Crippen molar-refractivity contribution in [2.24, 2.45) is 0 Å². The van der Waals surface area contributed by atoms with Gasteiger partial charge in [-0.25, -0.2) is 0 Å². The number of hydrogen-bond donors (Lipinski definition) is 10. The summed E-state index contributed by atoms with van der Waals surface area (Å²) in [5.41, 5.74) is -1.30. The molecule has 0 aromatic rings. The number of rotatable bonds is 0. The van der Waals surface area contributed by atoms with Crippen LogP contribution in [0.2, 0.25) is 0 Å². The molecule has 0 bridgehead atoms. The molecule has 286 valence electrons. The SMILES string of the molecule is O=C1CCNC(=O)CNC(=O)CNC(=O)C2CCCN2C(=O)C2(CCCC2)NC(=O)CNC(=O)CNC(=O)CNC(=O)CNC(=O)CNC(=O)CN1. The molecular formula is C30H45N11O11. The van der Waals surface area contributed by atoms with Gasteiger partial charge in [0.2, 0.25) is 65.0 Å². The van der Waals surface area contributed by atoms with Crippen LogP contribution in [0.4, 0.5) is 0 Å². The van der Waals surface area contributed by atoms with Crippen LogP contribution in [0.5, 0.6) is 0 Å². The monoisotopic (exact) mass is 735 g/mol. The standard InChI is InChI=1S/C30H45N11O11/c42-19-5-8-31-20(43)10-33-26(49)16-39-28(51)18-4-3-9-41(18)29(52)30(6-1-2-7-30)40-27(50)17-38-25(48)15-37-24(47)14-36-23(46)13-35-22(45)12-34-21(44)11-32-19/h18H,1-17H2,(H,31,43)(H,32,42)(H,33,49)(H,34,44)(H,35,45)(H,36,46)(H,37,47)(H,38,48)(H,39,51)(H,40,50). The molecule has 22 heteroatoms. The summed E-state index contributed by atoms with van der Waals surface area (Å²) in [5, 5.41) is 23.6. The fraction of sp³-hybridized carbons (Fsp3) is 0.633. The zero-order chi connectivity index (χ0) is 38.1. The van der Waals surface area contributed by atoms with Crippen molar-refractivity contribution < 1.29 is 52.7 Å². The highest BCUT2D eigenvalue weighted by molar-refractivity contribution is 5.98. The van der Waals surface area contributed by atoms with Crippen LogP contribution in [-0.2, 0) is 52.7 Å². The third-order valence-corrected chi connectivity index (χ3v) is 8.28. The van der Waals surface area contributed by atoms with Gasteiger partial charge >= 0.3 is 0 Å². The molecule has 2 aliphatic heterocycles. The third kappa shape index (κ3) is 13.5. The molecule has 1 saturated carbocycles. The van der Waals surface area contributed by atoms with Gasteiger partial charge in [0, 0.05) is 19.5 Å². The van der Waals surface area contributed by atoms with E-state index in [0.717, 1.165) is 0 Å². The van der Waals surface area contributed by atoms with E-state index in [1.54, 1.807) is 0 Å². The van der Waals surface area contributed by atoms with Gasteiger partial charge in [-0.2, -0.15) is 0 Å². The molecule has 1 atom stereocenters. The van der Waals surface area contributed by atoms with Crippen molar-refractivity contribution in [2.75, 3.05) is 65.4 Å². The molecule has 3 rings (SSSR count). The Morgan fingerprint density at radius 3 is 1.29 bits per heavy atom. The van der Waals surface area contributed by atoms with Crippen LogP contribution in [-0.4, -0.2) is 147 Å². The van der Waals surface area contributed by atoms with Gasteiger partial charge in [-0.1, -0.05) is 12.8 Å². The highest BCUT2D eigenvalue weighted by atomic mass is 16.2. The summed E-state index contributed by atoms with van der Waals surface area (Å²) >= 11 is 0. The summed E-state index contributed by atoms with van der Waals surface area (Å²) in [4.78, 5) is 138. The topological polar surface area (TPSA) is 311 Å². The zero-order valence-corrected chi connectivity index (χ0v) is 28.5. The first-order valence-corrected chi connectivity index (χ1v) is 16.8. The van der Waals surface area contributed by atoms with Crippen molar-refractivity contribution in [3.05, 3.63) is 0 Å². The van der Waals surface area contributed by atoms with Gasteiger partial charge in [0.15, 0.2) is 0 Å². The molecule has 2 saturated heterocycles. The van der Waals surface area contributed by atoms with Gasteiger partial charge in [-0.05, 0) is 25.7 Å². The first-order chi connectivity index (χ1) is 24.8. The number of nitrogens with one attached hydrogen (secondary N) is 10. The molecule has 0 radical (unpaired) electrons. The van der Waals surface area contributed by atoms with Crippen LogP contribution in [0.3, 0.4) is 0 Å². The van der Waals surface area contributed by atoms with E-state index in [0.29, 0.717) is 38.5 Å². The molecule has 10 N–H and O–H groups in total. The van der Waals surface area contributed by atoms with Crippen molar-refractivity contribution in [2.45, 2.75) is 56.5 Å². The lowest BCUT2D eigenvalue weighted by Gasteiger charge is -2.35. The van der Waals surface area contributed by atoms with E-state index < -0.39 is 129 Å². The van der Waals surface area contributed by atoms with E-state index in [2.05, 4.69) is 53.2 Å². The van der Waals surface area contributed by atoms with Crippen LogP contribution >= 0.6 is 0 Å². The molecule has 11 amide bonds. The molecule has 1 unspecified atom stereocenters. The van der Waals surface area contributed by atoms with Crippen LogP contribution < -0.4 is 53.2 Å². The van der Waals surface area contributed by atoms with Gasteiger partial charge in [0.1, 0.15) is 11.6 Å². The quantitative estimate of drug-likeness (QED) is 0.111. The Morgan fingerprint density at radius 1 is 0.442 bits per heavy atom. The average Bonchev–Trinajstić information content (AvgIpc) is 3.81. The summed E-state index contributed by atoms with van der Waals surface area (Å²) in [5.74, 6) is -7.26. The predicted molar refractivity (Wildman–Crippen MR) is 176 cm³/mol. The Balaban J connectivity index is 1.60. The lowest BCUT2D eigenvalue weighted by Crippen LogP contribution is -2.61. The minimum absolute atomic E-state index is 0.118. The molecule has 3 fully saturated rings. The minimum atomic E-state index is -1.30. The predicted octanol–water partition coefficient (Wildman–Crippen LogP) is -7.14. The molecule has 2 heterocycles. The van der Waals surface area contributed by atoms with Gasteiger partial charge in [0.05, 0.1) is 52.4 Å². The number of amides is 11. The van der Waals surface area contributed by atoms with Crippen molar-refractivity contribution in [3.63, 3.8) is 0 Å². The number of nitrogens with zero attached hydrogens (tertiary/aromatic N) is 1. The van der Waals surface area contributed by atoms with Gasteiger partial charge in [-0.3, -0.25) is 52.7 Å². The summed E-state index contributed by atoms with van der Waals surface area (Å²) in [6, 6.07) is -0.898. The van der Waals surface area contributed by atoms with Crippen molar-refractivity contribution >= 4 is 65.0 Å². The number of carbonyl (C=O) groups excluding carboxylic acids is 11. The zero-order valence-electron chi connectivity index (χ0n) is 28.5. The number of hydrogen-bond acceptors (Lipinski definition) is 11. The molecular weight excluding hydrogens is 690 g/mol. The highest BCUT2D eigenvalue weighted by Crippen LogP contribution is 2.34. The smallest absolute Gasteiger partial charge is 0.249 e.